The van der Waals surface area contributed by atoms with Crippen molar-refractivity contribution in [3.63, 3.8) is 0 Å². The lowest BCUT2D eigenvalue weighted by molar-refractivity contribution is -0.121. The summed E-state index contributed by atoms with van der Waals surface area (Å²) in [7, 11) is 0. The minimum atomic E-state index is -0.890. The third kappa shape index (κ3) is 3.95. The van der Waals surface area contributed by atoms with Crippen molar-refractivity contribution in [2.24, 2.45) is 5.92 Å². The van der Waals surface area contributed by atoms with Gasteiger partial charge in [0.2, 0.25) is 5.91 Å². The van der Waals surface area contributed by atoms with E-state index in [2.05, 4.69) is 21.6 Å². The molecule has 1 heterocycles. The maximum Gasteiger partial charge on any atom is 0.234 e. The van der Waals surface area contributed by atoms with Crippen LogP contribution in [-0.4, -0.2) is 31.5 Å². The fourth-order valence-electron chi connectivity index (χ4n) is 1.94. The van der Waals surface area contributed by atoms with Crippen LogP contribution >= 0.6 is 11.8 Å². The summed E-state index contributed by atoms with van der Waals surface area (Å²) < 4.78 is 1.83. The molecule has 7 heteroatoms. The number of aromatic nitrogens is 3. The molecule has 0 aliphatic heterocycles. The number of para-hydroxylation sites is 1. The minimum absolute atomic E-state index is 0.0108. The van der Waals surface area contributed by atoms with Gasteiger partial charge >= 0.3 is 0 Å². The van der Waals surface area contributed by atoms with E-state index in [4.69, 9.17) is 0 Å². The van der Waals surface area contributed by atoms with E-state index in [1.54, 1.807) is 20.2 Å². The molecule has 1 N–H and O–H groups in total. The molecule has 0 aliphatic carbocycles. The summed E-state index contributed by atoms with van der Waals surface area (Å²) in [5.74, 6) is -0.183. The molecule has 1 amide bonds. The summed E-state index contributed by atoms with van der Waals surface area (Å²) in [5, 5.41) is 20.4. The summed E-state index contributed by atoms with van der Waals surface area (Å²) >= 11 is 1.31. The lowest BCUT2D eigenvalue weighted by Gasteiger charge is -2.28. The fourth-order valence-corrected chi connectivity index (χ4v) is 2.78. The largest absolute Gasteiger partial charge is 0.337 e. The molecule has 1 aromatic heterocycles. The molecule has 2 rings (SSSR count). The summed E-state index contributed by atoms with van der Waals surface area (Å²) in [6.07, 6.45) is 1.62. The Kier molecular flexibility index (Phi) is 5.62. The molecule has 126 valence electrons. The molecule has 2 unspecified atom stereocenters. The highest BCUT2D eigenvalue weighted by Gasteiger charge is 2.32. The van der Waals surface area contributed by atoms with Crippen molar-refractivity contribution in [3.8, 4) is 11.8 Å². The Morgan fingerprint density at radius 1 is 1.33 bits per heavy atom. The number of rotatable bonds is 6. The number of benzene rings is 1. The van der Waals surface area contributed by atoms with Gasteiger partial charge in [0.05, 0.1) is 11.3 Å². The first-order valence-corrected chi connectivity index (χ1v) is 8.60. The van der Waals surface area contributed by atoms with Gasteiger partial charge in [0.25, 0.3) is 0 Å². The highest BCUT2D eigenvalue weighted by molar-refractivity contribution is 8.00. The first kappa shape index (κ1) is 18.0. The van der Waals surface area contributed by atoms with Crippen molar-refractivity contribution < 1.29 is 4.79 Å². The number of carbonyl (C=O) groups is 1. The molecule has 2 atom stereocenters. The van der Waals surface area contributed by atoms with Crippen LogP contribution in [0, 0.1) is 17.2 Å². The fraction of sp³-hybridized carbons (Fsp3) is 0.412. The first-order chi connectivity index (χ1) is 11.4. The molecule has 0 saturated carbocycles. The van der Waals surface area contributed by atoms with Crippen LogP contribution in [0.2, 0.25) is 0 Å². The monoisotopic (exact) mass is 343 g/mol. The molecular formula is C17H21N5OS. The normalized spacial score (nSPS) is 14.7. The van der Waals surface area contributed by atoms with Gasteiger partial charge in [-0.3, -0.25) is 9.36 Å². The van der Waals surface area contributed by atoms with Crippen LogP contribution in [0.1, 0.15) is 27.7 Å². The van der Waals surface area contributed by atoms with E-state index in [1.807, 2.05) is 48.7 Å². The van der Waals surface area contributed by atoms with E-state index in [0.29, 0.717) is 5.16 Å². The molecule has 6 nitrogen and oxygen atoms in total. The standard InChI is InChI=1S/C17H21N5OS/c1-12(2)17(4,10-18)20-15(23)13(3)24-16-21-19-11-22(16)14-8-6-5-7-9-14/h5-9,11-13H,1-4H3,(H,20,23). The highest BCUT2D eigenvalue weighted by Crippen LogP contribution is 2.25. The van der Waals surface area contributed by atoms with Crippen LogP contribution in [0.4, 0.5) is 0 Å². The number of nitrogens with one attached hydrogen (secondary N) is 1. The Labute approximate surface area is 146 Å². The maximum absolute atomic E-state index is 12.5. The van der Waals surface area contributed by atoms with Crippen molar-refractivity contribution in [1.82, 2.24) is 20.1 Å². The third-order valence-electron chi connectivity index (χ3n) is 3.97. The number of nitrogens with zero attached hydrogens (tertiary/aromatic N) is 4. The summed E-state index contributed by atoms with van der Waals surface area (Å²) in [5.41, 5.74) is 0.0422. The van der Waals surface area contributed by atoms with E-state index in [9.17, 15) is 10.1 Å². The Bertz CT molecular complexity index is 737. The van der Waals surface area contributed by atoms with Crippen LogP contribution in [0.15, 0.2) is 41.8 Å². The number of carbonyl (C=O) groups excluding carboxylic acids is 1. The van der Waals surface area contributed by atoms with Crippen molar-refractivity contribution in [3.05, 3.63) is 36.7 Å². The lowest BCUT2D eigenvalue weighted by Crippen LogP contribution is -2.51. The SMILES string of the molecule is CC(Sc1nncn1-c1ccccc1)C(=O)NC(C)(C#N)C(C)C. The lowest BCUT2D eigenvalue weighted by atomic mass is 9.90. The molecule has 1 aromatic carbocycles. The van der Waals surface area contributed by atoms with Crippen molar-refractivity contribution in [2.75, 3.05) is 0 Å². The number of hydrogen-bond acceptors (Lipinski definition) is 5. The van der Waals surface area contributed by atoms with Gasteiger partial charge in [-0.2, -0.15) is 5.26 Å². The molecule has 0 radical (unpaired) electrons. The van der Waals surface area contributed by atoms with Gasteiger partial charge in [-0.15, -0.1) is 10.2 Å². The predicted octanol–water partition coefficient (Wildman–Crippen LogP) is 2.80. The zero-order chi connectivity index (χ0) is 17.7. The van der Waals surface area contributed by atoms with Crippen molar-refractivity contribution in [1.29, 1.82) is 5.26 Å². The van der Waals surface area contributed by atoms with Gasteiger partial charge < -0.3 is 5.32 Å². The molecule has 2 aromatic rings. The summed E-state index contributed by atoms with van der Waals surface area (Å²) in [6, 6.07) is 11.9. The highest BCUT2D eigenvalue weighted by atomic mass is 32.2. The second-order valence-corrected chi connectivity index (χ2v) is 7.35. The van der Waals surface area contributed by atoms with E-state index in [-0.39, 0.29) is 11.8 Å². The maximum atomic E-state index is 12.5. The van der Waals surface area contributed by atoms with Crippen LogP contribution in [0.5, 0.6) is 0 Å². The molecule has 0 fully saturated rings. The van der Waals surface area contributed by atoms with Gasteiger partial charge in [0.1, 0.15) is 11.9 Å². The molecule has 0 spiro atoms. The smallest absolute Gasteiger partial charge is 0.234 e. The number of amides is 1. The van der Waals surface area contributed by atoms with Gasteiger partial charge in [0.15, 0.2) is 5.16 Å². The van der Waals surface area contributed by atoms with E-state index >= 15 is 0 Å². The molecule has 24 heavy (non-hydrogen) atoms. The topological polar surface area (TPSA) is 83.6 Å². The zero-order valence-electron chi connectivity index (χ0n) is 14.2. The molecule has 0 aliphatic rings. The van der Waals surface area contributed by atoms with Gasteiger partial charge in [-0.05, 0) is 31.9 Å². The van der Waals surface area contributed by atoms with Crippen molar-refractivity contribution >= 4 is 17.7 Å². The van der Waals surface area contributed by atoms with Gasteiger partial charge in [-0.25, -0.2) is 0 Å². The first-order valence-electron chi connectivity index (χ1n) is 7.72. The van der Waals surface area contributed by atoms with Crippen LogP contribution in [0.25, 0.3) is 5.69 Å². The third-order valence-corrected chi connectivity index (χ3v) is 5.03. The average Bonchev–Trinajstić information content (AvgIpc) is 3.03. The minimum Gasteiger partial charge on any atom is -0.337 e. The zero-order valence-corrected chi connectivity index (χ0v) is 15.0. The van der Waals surface area contributed by atoms with Crippen LogP contribution < -0.4 is 5.32 Å². The Hall–Kier alpha value is -2.33. The molecule has 0 saturated heterocycles. The number of nitriles is 1. The van der Waals surface area contributed by atoms with E-state index in [0.717, 1.165) is 5.69 Å². The second-order valence-electron chi connectivity index (χ2n) is 6.04. The summed E-state index contributed by atoms with van der Waals surface area (Å²) in [6.45, 7) is 7.35. The van der Waals surface area contributed by atoms with Crippen molar-refractivity contribution in [2.45, 2.75) is 43.6 Å². The number of thioether (sulfide) groups is 1. The number of hydrogen-bond donors (Lipinski definition) is 1. The molecule has 0 bridgehead atoms. The summed E-state index contributed by atoms with van der Waals surface area (Å²) in [4.78, 5) is 12.5. The Morgan fingerprint density at radius 3 is 2.58 bits per heavy atom. The van der Waals surface area contributed by atoms with Crippen LogP contribution in [0.3, 0.4) is 0 Å². The van der Waals surface area contributed by atoms with Crippen LogP contribution in [-0.2, 0) is 4.79 Å². The average molecular weight is 343 g/mol. The predicted molar refractivity (Wildman–Crippen MR) is 93.7 cm³/mol. The Morgan fingerprint density at radius 2 is 2.00 bits per heavy atom. The second kappa shape index (κ2) is 7.49. The molecular weight excluding hydrogens is 322 g/mol. The van der Waals surface area contributed by atoms with Gasteiger partial charge in [0, 0.05) is 5.69 Å². The van der Waals surface area contributed by atoms with E-state index < -0.39 is 10.8 Å². The van der Waals surface area contributed by atoms with Gasteiger partial charge in [-0.1, -0.05) is 43.8 Å². The Balaban J connectivity index is 2.11. The van der Waals surface area contributed by atoms with E-state index in [1.165, 1.54) is 11.8 Å². The quantitative estimate of drug-likeness (QED) is 0.815.